The predicted octanol–water partition coefficient (Wildman–Crippen LogP) is 2.16. The number of rotatable bonds is 8. The summed E-state index contributed by atoms with van der Waals surface area (Å²) in [6.45, 7) is 4.41. The first-order valence-electron chi connectivity index (χ1n) is 8.16. The molecule has 0 saturated heterocycles. The van der Waals surface area contributed by atoms with Crippen molar-refractivity contribution in [3.8, 4) is 11.5 Å². The van der Waals surface area contributed by atoms with Crippen molar-refractivity contribution in [1.29, 1.82) is 0 Å². The van der Waals surface area contributed by atoms with Gasteiger partial charge in [0.05, 0.1) is 25.8 Å². The smallest absolute Gasteiger partial charge is 0.191 e. The number of methoxy groups -OCH3 is 1. The molecule has 0 atom stereocenters. The van der Waals surface area contributed by atoms with Crippen LogP contribution in [0.3, 0.4) is 0 Å². The number of aliphatic imine (C=N–C) groups is 1. The Morgan fingerprint density at radius 2 is 1.88 bits per heavy atom. The Morgan fingerprint density at radius 3 is 2.42 bits per heavy atom. The van der Waals surface area contributed by atoms with Gasteiger partial charge >= 0.3 is 0 Å². The summed E-state index contributed by atoms with van der Waals surface area (Å²) in [5, 5.41) is 16.5. The normalized spacial score (nSPS) is 15.7. The minimum absolute atomic E-state index is 0. The van der Waals surface area contributed by atoms with Gasteiger partial charge in [-0.3, -0.25) is 4.99 Å². The summed E-state index contributed by atoms with van der Waals surface area (Å²) in [5.74, 6) is 2.33. The van der Waals surface area contributed by atoms with Gasteiger partial charge < -0.3 is 25.2 Å². The van der Waals surface area contributed by atoms with Crippen molar-refractivity contribution in [1.82, 2.24) is 10.6 Å². The van der Waals surface area contributed by atoms with E-state index >= 15 is 0 Å². The number of aliphatic hydroxyl groups is 1. The maximum atomic E-state index is 10.1. The lowest BCUT2D eigenvalue weighted by Crippen LogP contribution is -2.44. The van der Waals surface area contributed by atoms with Crippen molar-refractivity contribution in [2.24, 2.45) is 4.99 Å². The second-order valence-corrected chi connectivity index (χ2v) is 5.72. The van der Waals surface area contributed by atoms with Crippen LogP contribution in [0.2, 0.25) is 0 Å². The number of ether oxygens (including phenoxy) is 2. The van der Waals surface area contributed by atoms with E-state index in [0.29, 0.717) is 25.7 Å². The summed E-state index contributed by atoms with van der Waals surface area (Å²) in [4.78, 5) is 4.45. The Morgan fingerprint density at radius 1 is 1.21 bits per heavy atom. The zero-order chi connectivity index (χ0) is 16.5. The first-order chi connectivity index (χ1) is 11.1. The molecule has 136 valence electrons. The van der Waals surface area contributed by atoms with Gasteiger partial charge in [0, 0.05) is 6.54 Å². The average molecular weight is 449 g/mol. The Bertz CT molecular complexity index is 504. The van der Waals surface area contributed by atoms with E-state index < -0.39 is 5.60 Å². The molecule has 6 nitrogen and oxygen atoms in total. The molecule has 1 aromatic rings. The molecule has 7 heteroatoms. The van der Waals surface area contributed by atoms with Crippen molar-refractivity contribution in [2.75, 3.05) is 33.4 Å². The van der Waals surface area contributed by atoms with Crippen LogP contribution in [0.25, 0.3) is 0 Å². The van der Waals surface area contributed by atoms with E-state index in [9.17, 15) is 5.11 Å². The number of halogens is 1. The number of benzene rings is 1. The lowest BCUT2D eigenvalue weighted by atomic mass is 9.80. The van der Waals surface area contributed by atoms with E-state index in [4.69, 9.17) is 9.47 Å². The Labute approximate surface area is 161 Å². The molecular weight excluding hydrogens is 421 g/mol. The third-order valence-corrected chi connectivity index (χ3v) is 3.88. The number of hydrogen-bond donors (Lipinski definition) is 3. The molecule has 1 aliphatic rings. The number of guanidine groups is 1. The molecule has 1 saturated carbocycles. The maximum absolute atomic E-state index is 10.1. The molecule has 1 aliphatic carbocycles. The van der Waals surface area contributed by atoms with E-state index in [-0.39, 0.29) is 24.0 Å². The van der Waals surface area contributed by atoms with Crippen LogP contribution in [0.1, 0.15) is 26.2 Å². The van der Waals surface area contributed by atoms with Gasteiger partial charge in [0.15, 0.2) is 5.96 Å². The minimum Gasteiger partial charge on any atom is -0.497 e. The van der Waals surface area contributed by atoms with Crippen LogP contribution in [0.4, 0.5) is 0 Å². The van der Waals surface area contributed by atoms with Crippen molar-refractivity contribution in [2.45, 2.75) is 31.8 Å². The Balaban J connectivity index is 0.00000288. The van der Waals surface area contributed by atoms with Gasteiger partial charge in [-0.2, -0.15) is 0 Å². The zero-order valence-electron chi connectivity index (χ0n) is 14.4. The summed E-state index contributed by atoms with van der Waals surface area (Å²) in [7, 11) is 1.64. The summed E-state index contributed by atoms with van der Waals surface area (Å²) in [6.07, 6.45) is 2.78. The molecule has 1 aromatic carbocycles. The first kappa shape index (κ1) is 20.8. The molecule has 2 rings (SSSR count). The fourth-order valence-electron chi connectivity index (χ4n) is 2.32. The highest BCUT2D eigenvalue weighted by molar-refractivity contribution is 14.0. The van der Waals surface area contributed by atoms with Crippen LogP contribution in [-0.4, -0.2) is 50.0 Å². The molecule has 0 spiro atoms. The Hall–Kier alpha value is -1.22. The highest BCUT2D eigenvalue weighted by atomic mass is 127. The van der Waals surface area contributed by atoms with E-state index in [1.807, 2.05) is 31.2 Å². The van der Waals surface area contributed by atoms with Crippen LogP contribution in [-0.2, 0) is 0 Å². The van der Waals surface area contributed by atoms with Gasteiger partial charge in [0.2, 0.25) is 0 Å². The molecule has 0 aliphatic heterocycles. The highest BCUT2D eigenvalue weighted by Gasteiger charge is 2.34. The number of nitrogens with zero attached hydrogens (tertiary/aromatic N) is 1. The first-order valence-corrected chi connectivity index (χ1v) is 8.16. The largest absolute Gasteiger partial charge is 0.497 e. The fourth-order valence-corrected chi connectivity index (χ4v) is 2.32. The SMILES string of the molecule is CCNC(=NCC1(O)CCC1)NCCOc1ccc(OC)cc1.I. The highest BCUT2D eigenvalue weighted by Crippen LogP contribution is 2.31. The standard InChI is InChI=1S/C17H27N3O3.HI/c1-3-18-16(20-13-17(21)9-4-10-17)19-11-12-23-15-7-5-14(22-2)6-8-15;/h5-8,21H,3-4,9-13H2,1-2H3,(H2,18,19,20);1H. The second kappa shape index (κ2) is 10.6. The topological polar surface area (TPSA) is 75.1 Å². The summed E-state index contributed by atoms with van der Waals surface area (Å²) in [5.41, 5.74) is -0.595. The van der Waals surface area contributed by atoms with Gasteiger partial charge in [-0.05, 0) is 50.5 Å². The minimum atomic E-state index is -0.595. The molecule has 0 bridgehead atoms. The predicted molar refractivity (Wildman–Crippen MR) is 107 cm³/mol. The second-order valence-electron chi connectivity index (χ2n) is 5.72. The van der Waals surface area contributed by atoms with Crippen LogP contribution >= 0.6 is 24.0 Å². The van der Waals surface area contributed by atoms with Crippen molar-refractivity contribution in [3.05, 3.63) is 24.3 Å². The van der Waals surface area contributed by atoms with E-state index in [0.717, 1.165) is 37.3 Å². The third kappa shape index (κ3) is 6.72. The average Bonchev–Trinajstić information content (AvgIpc) is 2.55. The van der Waals surface area contributed by atoms with Crippen molar-refractivity contribution in [3.63, 3.8) is 0 Å². The fraction of sp³-hybridized carbons (Fsp3) is 0.588. The monoisotopic (exact) mass is 449 g/mol. The van der Waals surface area contributed by atoms with Gasteiger partial charge in [-0.1, -0.05) is 0 Å². The van der Waals surface area contributed by atoms with Gasteiger partial charge in [-0.15, -0.1) is 24.0 Å². The van der Waals surface area contributed by atoms with Crippen LogP contribution in [0, 0.1) is 0 Å². The van der Waals surface area contributed by atoms with Gasteiger partial charge in [0.1, 0.15) is 18.1 Å². The third-order valence-electron chi connectivity index (χ3n) is 3.88. The molecule has 1 fully saturated rings. The van der Waals surface area contributed by atoms with Crippen LogP contribution < -0.4 is 20.1 Å². The lowest BCUT2D eigenvalue weighted by molar-refractivity contribution is -0.0236. The zero-order valence-corrected chi connectivity index (χ0v) is 16.7. The van der Waals surface area contributed by atoms with Crippen LogP contribution in [0.15, 0.2) is 29.3 Å². The van der Waals surface area contributed by atoms with Gasteiger partial charge in [-0.25, -0.2) is 0 Å². The molecule has 24 heavy (non-hydrogen) atoms. The number of hydrogen-bond acceptors (Lipinski definition) is 4. The van der Waals surface area contributed by atoms with Crippen molar-refractivity contribution >= 4 is 29.9 Å². The van der Waals surface area contributed by atoms with E-state index in [1.165, 1.54) is 0 Å². The van der Waals surface area contributed by atoms with Crippen LogP contribution in [0.5, 0.6) is 11.5 Å². The molecule has 0 radical (unpaired) electrons. The molecule has 0 amide bonds. The molecule has 0 aromatic heterocycles. The summed E-state index contributed by atoms with van der Waals surface area (Å²) >= 11 is 0. The summed E-state index contributed by atoms with van der Waals surface area (Å²) < 4.78 is 10.8. The quantitative estimate of drug-likeness (QED) is 0.246. The van der Waals surface area contributed by atoms with Gasteiger partial charge in [0.25, 0.3) is 0 Å². The van der Waals surface area contributed by atoms with E-state index in [2.05, 4.69) is 15.6 Å². The molecule has 0 heterocycles. The van der Waals surface area contributed by atoms with Crippen molar-refractivity contribution < 1.29 is 14.6 Å². The lowest BCUT2D eigenvalue weighted by Gasteiger charge is -2.35. The Kier molecular flexibility index (Phi) is 9.20. The van der Waals surface area contributed by atoms with E-state index in [1.54, 1.807) is 7.11 Å². The molecule has 3 N–H and O–H groups in total. The molecule has 0 unspecified atom stereocenters. The number of nitrogens with one attached hydrogen (secondary N) is 2. The maximum Gasteiger partial charge on any atom is 0.191 e. The molecular formula is C17H28IN3O3. The summed E-state index contributed by atoms with van der Waals surface area (Å²) in [6, 6.07) is 7.50.